The summed E-state index contributed by atoms with van der Waals surface area (Å²) in [4.78, 5) is 10.4. The fourth-order valence-electron chi connectivity index (χ4n) is 2.07. The number of carbonyl (C=O) groups is 1. The van der Waals surface area contributed by atoms with E-state index in [1.165, 1.54) is 0 Å². The molecule has 0 bridgehead atoms. The predicted molar refractivity (Wildman–Crippen MR) is 72.8 cm³/mol. The Bertz CT molecular complexity index is 563. The Hall–Kier alpha value is -2.01. The summed E-state index contributed by atoms with van der Waals surface area (Å²) in [6, 6.07) is 7.98. The second kappa shape index (κ2) is 6.24. The molecule has 0 aliphatic carbocycles. The van der Waals surface area contributed by atoms with Crippen molar-refractivity contribution in [3.8, 4) is 0 Å². The van der Waals surface area contributed by atoms with Gasteiger partial charge in [0.05, 0.1) is 0 Å². The number of benzene rings is 1. The first-order chi connectivity index (χ1) is 9.22. The van der Waals surface area contributed by atoms with Gasteiger partial charge < -0.3 is 20.2 Å². The number of hydrogen-bond donors (Lipinski definition) is 2. The van der Waals surface area contributed by atoms with E-state index in [1.54, 1.807) is 0 Å². The van der Waals surface area contributed by atoms with Crippen molar-refractivity contribution in [2.75, 3.05) is 13.2 Å². The average Bonchev–Trinajstić information content (AvgIpc) is 2.76. The molecule has 19 heavy (non-hydrogen) atoms. The van der Waals surface area contributed by atoms with Crippen LogP contribution < -0.4 is 11.1 Å². The third-order valence-electron chi connectivity index (χ3n) is 2.93. The van der Waals surface area contributed by atoms with E-state index in [2.05, 4.69) is 23.0 Å². The maximum absolute atomic E-state index is 10.4. The van der Waals surface area contributed by atoms with Crippen LogP contribution in [0.1, 0.15) is 18.2 Å². The Morgan fingerprint density at radius 1 is 1.42 bits per heavy atom. The Labute approximate surface area is 111 Å². The first-order valence-corrected chi connectivity index (χ1v) is 6.34. The standard InChI is InChI=1S/C14H18N2O3/c1-2-12-11(9-16-7-8-18-14(15)17)10-5-3-4-6-13(10)19-12/h3-6,16H,2,7-9H2,1H3,(H2,15,17). The quantitative estimate of drug-likeness (QED) is 0.782. The molecule has 0 aliphatic heterocycles. The molecule has 2 aromatic rings. The van der Waals surface area contributed by atoms with E-state index in [0.717, 1.165) is 28.7 Å². The molecule has 0 fully saturated rings. The topological polar surface area (TPSA) is 77.5 Å². The van der Waals surface area contributed by atoms with E-state index in [4.69, 9.17) is 10.2 Å². The van der Waals surface area contributed by atoms with Crippen LogP contribution in [0.5, 0.6) is 0 Å². The number of aryl methyl sites for hydroxylation is 1. The molecule has 0 spiro atoms. The highest BCUT2D eigenvalue weighted by atomic mass is 16.5. The molecule has 102 valence electrons. The molecule has 1 aromatic heterocycles. The molecule has 0 atom stereocenters. The molecule has 5 heteroatoms. The normalized spacial score (nSPS) is 10.8. The van der Waals surface area contributed by atoms with Crippen LogP contribution in [0.15, 0.2) is 28.7 Å². The number of nitrogens with two attached hydrogens (primary N) is 1. The third kappa shape index (κ3) is 3.26. The summed E-state index contributed by atoms with van der Waals surface area (Å²) in [5.41, 5.74) is 6.96. The van der Waals surface area contributed by atoms with Crippen molar-refractivity contribution in [1.29, 1.82) is 0 Å². The Kier molecular flexibility index (Phi) is 4.41. The minimum absolute atomic E-state index is 0.270. The van der Waals surface area contributed by atoms with Crippen molar-refractivity contribution < 1.29 is 13.9 Å². The summed E-state index contributed by atoms with van der Waals surface area (Å²) in [7, 11) is 0. The van der Waals surface area contributed by atoms with Crippen molar-refractivity contribution in [3.63, 3.8) is 0 Å². The van der Waals surface area contributed by atoms with Gasteiger partial charge in [0.2, 0.25) is 0 Å². The number of primary amides is 1. The fourth-order valence-corrected chi connectivity index (χ4v) is 2.07. The Morgan fingerprint density at radius 3 is 2.95 bits per heavy atom. The highest BCUT2D eigenvalue weighted by molar-refractivity contribution is 5.82. The van der Waals surface area contributed by atoms with Crippen LogP contribution in [0.4, 0.5) is 4.79 Å². The molecule has 1 amide bonds. The fraction of sp³-hybridized carbons (Fsp3) is 0.357. The van der Waals surface area contributed by atoms with E-state index in [1.807, 2.05) is 18.2 Å². The largest absolute Gasteiger partial charge is 0.461 e. The number of fused-ring (bicyclic) bond motifs is 1. The van der Waals surface area contributed by atoms with Gasteiger partial charge in [-0.25, -0.2) is 4.79 Å². The summed E-state index contributed by atoms with van der Waals surface area (Å²) < 4.78 is 10.5. The zero-order valence-electron chi connectivity index (χ0n) is 10.9. The van der Waals surface area contributed by atoms with Crippen molar-refractivity contribution in [3.05, 3.63) is 35.6 Å². The lowest BCUT2D eigenvalue weighted by molar-refractivity contribution is 0.157. The number of ether oxygens (including phenoxy) is 1. The van der Waals surface area contributed by atoms with Gasteiger partial charge in [0.25, 0.3) is 0 Å². The van der Waals surface area contributed by atoms with Crippen LogP contribution in [0.25, 0.3) is 11.0 Å². The van der Waals surface area contributed by atoms with Crippen molar-refractivity contribution >= 4 is 17.1 Å². The minimum atomic E-state index is -0.746. The lowest BCUT2D eigenvalue weighted by Crippen LogP contribution is -2.23. The van der Waals surface area contributed by atoms with E-state index < -0.39 is 6.09 Å². The van der Waals surface area contributed by atoms with E-state index in [0.29, 0.717) is 13.1 Å². The van der Waals surface area contributed by atoms with Gasteiger partial charge in [-0.05, 0) is 6.07 Å². The molecule has 0 unspecified atom stereocenters. The molecule has 0 aliphatic rings. The second-order valence-corrected chi connectivity index (χ2v) is 4.20. The second-order valence-electron chi connectivity index (χ2n) is 4.20. The lowest BCUT2D eigenvalue weighted by Gasteiger charge is -2.05. The van der Waals surface area contributed by atoms with Crippen molar-refractivity contribution in [2.24, 2.45) is 5.73 Å². The SMILES string of the molecule is CCc1oc2ccccc2c1CNCCOC(N)=O. The zero-order valence-corrected chi connectivity index (χ0v) is 10.9. The number of amides is 1. The summed E-state index contributed by atoms with van der Waals surface area (Å²) in [6.45, 7) is 3.58. The zero-order chi connectivity index (χ0) is 13.7. The summed E-state index contributed by atoms with van der Waals surface area (Å²) >= 11 is 0. The molecule has 0 saturated heterocycles. The molecule has 2 rings (SSSR count). The summed E-state index contributed by atoms with van der Waals surface area (Å²) in [5, 5.41) is 4.34. The van der Waals surface area contributed by atoms with Crippen LogP contribution in [0, 0.1) is 0 Å². The smallest absolute Gasteiger partial charge is 0.404 e. The number of rotatable bonds is 6. The van der Waals surface area contributed by atoms with Crippen LogP contribution in [-0.2, 0) is 17.7 Å². The van der Waals surface area contributed by atoms with Crippen LogP contribution >= 0.6 is 0 Å². The molecule has 1 heterocycles. The monoisotopic (exact) mass is 262 g/mol. The van der Waals surface area contributed by atoms with Crippen molar-refractivity contribution in [2.45, 2.75) is 19.9 Å². The lowest BCUT2D eigenvalue weighted by atomic mass is 10.1. The van der Waals surface area contributed by atoms with Crippen LogP contribution in [0.2, 0.25) is 0 Å². The number of carbonyl (C=O) groups excluding carboxylic acids is 1. The number of hydrogen-bond acceptors (Lipinski definition) is 4. The van der Waals surface area contributed by atoms with Gasteiger partial charge in [0.15, 0.2) is 0 Å². The molecule has 0 saturated carbocycles. The highest BCUT2D eigenvalue weighted by Crippen LogP contribution is 2.25. The Morgan fingerprint density at radius 2 is 2.21 bits per heavy atom. The van der Waals surface area contributed by atoms with Gasteiger partial charge in [0.1, 0.15) is 18.0 Å². The van der Waals surface area contributed by atoms with Gasteiger partial charge in [-0.1, -0.05) is 25.1 Å². The molecular weight excluding hydrogens is 244 g/mol. The predicted octanol–water partition coefficient (Wildman–Crippen LogP) is 2.18. The van der Waals surface area contributed by atoms with Gasteiger partial charge in [-0.3, -0.25) is 0 Å². The molecule has 0 radical (unpaired) electrons. The molecule has 5 nitrogen and oxygen atoms in total. The van der Waals surface area contributed by atoms with Gasteiger partial charge in [-0.15, -0.1) is 0 Å². The van der Waals surface area contributed by atoms with E-state index in [9.17, 15) is 4.79 Å². The maximum atomic E-state index is 10.4. The first kappa shape index (κ1) is 13.4. The third-order valence-corrected chi connectivity index (χ3v) is 2.93. The minimum Gasteiger partial charge on any atom is -0.461 e. The van der Waals surface area contributed by atoms with Gasteiger partial charge in [-0.2, -0.15) is 0 Å². The van der Waals surface area contributed by atoms with E-state index in [-0.39, 0.29) is 6.61 Å². The summed E-state index contributed by atoms with van der Waals surface area (Å²) in [6.07, 6.45) is 0.105. The average molecular weight is 262 g/mol. The maximum Gasteiger partial charge on any atom is 0.404 e. The molecule has 1 aromatic carbocycles. The van der Waals surface area contributed by atoms with Gasteiger partial charge in [0, 0.05) is 30.5 Å². The van der Waals surface area contributed by atoms with Crippen molar-refractivity contribution in [1.82, 2.24) is 5.32 Å². The number of furan rings is 1. The van der Waals surface area contributed by atoms with Crippen LogP contribution in [0.3, 0.4) is 0 Å². The molecule has 3 N–H and O–H groups in total. The number of para-hydroxylation sites is 1. The molecular formula is C14H18N2O3. The van der Waals surface area contributed by atoms with E-state index >= 15 is 0 Å². The first-order valence-electron chi connectivity index (χ1n) is 6.34. The van der Waals surface area contributed by atoms with Gasteiger partial charge >= 0.3 is 6.09 Å². The Balaban J connectivity index is 2.01. The summed E-state index contributed by atoms with van der Waals surface area (Å²) in [5.74, 6) is 0.990. The number of nitrogens with one attached hydrogen (secondary N) is 1. The van der Waals surface area contributed by atoms with Crippen LogP contribution in [-0.4, -0.2) is 19.2 Å². The highest BCUT2D eigenvalue weighted by Gasteiger charge is 2.11.